The SMILES string of the molecule is CN1CCN(CCc2ccc(Nc3ncc4c(=O)ccn(-c5ccc6c(c5)CCC6)c4n3)cc2)CC1. The number of aromatic nitrogens is 3. The van der Waals surface area contributed by atoms with Crippen LogP contribution in [0.3, 0.4) is 0 Å². The summed E-state index contributed by atoms with van der Waals surface area (Å²) in [5.74, 6) is 0.480. The number of aryl methyl sites for hydroxylation is 2. The van der Waals surface area contributed by atoms with Gasteiger partial charge in [-0.3, -0.25) is 4.79 Å². The van der Waals surface area contributed by atoms with Crippen molar-refractivity contribution in [3.63, 3.8) is 0 Å². The second-order valence-corrected chi connectivity index (χ2v) is 10.0. The van der Waals surface area contributed by atoms with Gasteiger partial charge in [-0.15, -0.1) is 0 Å². The van der Waals surface area contributed by atoms with Crippen LogP contribution in [0.4, 0.5) is 11.6 Å². The van der Waals surface area contributed by atoms with Gasteiger partial charge >= 0.3 is 0 Å². The highest BCUT2D eigenvalue weighted by molar-refractivity contribution is 5.77. The molecular weight excluding hydrogens is 448 g/mol. The Morgan fingerprint density at radius 3 is 2.58 bits per heavy atom. The van der Waals surface area contributed by atoms with Crippen LogP contribution in [0.1, 0.15) is 23.1 Å². The maximum Gasteiger partial charge on any atom is 0.229 e. The molecule has 2 aliphatic rings. The Bertz CT molecular complexity index is 1440. The number of anilines is 2. The molecule has 4 aromatic rings. The van der Waals surface area contributed by atoms with Crippen molar-refractivity contribution in [3.8, 4) is 5.69 Å². The second-order valence-electron chi connectivity index (χ2n) is 10.0. The van der Waals surface area contributed by atoms with Gasteiger partial charge in [-0.25, -0.2) is 4.98 Å². The molecule has 7 heteroatoms. The van der Waals surface area contributed by atoms with E-state index in [4.69, 9.17) is 4.98 Å². The van der Waals surface area contributed by atoms with Crippen molar-refractivity contribution in [3.05, 3.63) is 87.8 Å². The number of fused-ring (bicyclic) bond motifs is 2. The van der Waals surface area contributed by atoms with Crippen molar-refractivity contribution in [1.82, 2.24) is 24.3 Å². The van der Waals surface area contributed by atoms with E-state index in [1.807, 2.05) is 10.8 Å². The van der Waals surface area contributed by atoms with E-state index < -0.39 is 0 Å². The maximum absolute atomic E-state index is 12.5. The highest BCUT2D eigenvalue weighted by Gasteiger charge is 2.15. The summed E-state index contributed by atoms with van der Waals surface area (Å²) in [5, 5.41) is 3.84. The van der Waals surface area contributed by atoms with Gasteiger partial charge in [0, 0.05) is 62.6 Å². The molecular formula is C29H32N6O. The molecule has 36 heavy (non-hydrogen) atoms. The van der Waals surface area contributed by atoms with Crippen molar-refractivity contribution in [2.75, 3.05) is 45.1 Å². The van der Waals surface area contributed by atoms with Crippen LogP contribution in [0.15, 0.2) is 65.7 Å². The summed E-state index contributed by atoms with van der Waals surface area (Å²) in [6.07, 6.45) is 7.94. The lowest BCUT2D eigenvalue weighted by Crippen LogP contribution is -2.45. The van der Waals surface area contributed by atoms with E-state index in [2.05, 4.69) is 69.6 Å². The Labute approximate surface area is 211 Å². The summed E-state index contributed by atoms with van der Waals surface area (Å²) in [7, 11) is 2.19. The number of nitrogens with one attached hydrogen (secondary N) is 1. The van der Waals surface area contributed by atoms with Gasteiger partial charge in [-0.2, -0.15) is 4.98 Å². The summed E-state index contributed by atoms with van der Waals surface area (Å²) in [6.45, 7) is 5.68. The summed E-state index contributed by atoms with van der Waals surface area (Å²) >= 11 is 0. The normalized spacial score (nSPS) is 16.4. The van der Waals surface area contributed by atoms with Gasteiger partial charge in [0.2, 0.25) is 5.95 Å². The highest BCUT2D eigenvalue weighted by atomic mass is 16.1. The van der Waals surface area contributed by atoms with Gasteiger partial charge in [0.05, 0.1) is 5.39 Å². The minimum absolute atomic E-state index is 0.0707. The van der Waals surface area contributed by atoms with E-state index in [0.717, 1.165) is 63.4 Å². The van der Waals surface area contributed by atoms with Gasteiger partial charge < -0.3 is 19.7 Å². The lowest BCUT2D eigenvalue weighted by atomic mass is 10.1. The van der Waals surface area contributed by atoms with Gasteiger partial charge in [0.25, 0.3) is 0 Å². The van der Waals surface area contributed by atoms with Crippen LogP contribution in [0.25, 0.3) is 16.7 Å². The maximum atomic E-state index is 12.5. The molecule has 184 valence electrons. The zero-order chi connectivity index (χ0) is 24.5. The third-order valence-electron chi connectivity index (χ3n) is 7.52. The van der Waals surface area contributed by atoms with Gasteiger partial charge in [-0.1, -0.05) is 18.2 Å². The molecule has 0 bridgehead atoms. The number of rotatable bonds is 6. The Morgan fingerprint density at radius 2 is 1.75 bits per heavy atom. The lowest BCUT2D eigenvalue weighted by Gasteiger charge is -2.32. The predicted octanol–water partition coefficient (Wildman–Crippen LogP) is 3.80. The topological polar surface area (TPSA) is 66.3 Å². The zero-order valence-corrected chi connectivity index (χ0v) is 20.8. The number of hydrogen-bond donors (Lipinski definition) is 1. The molecule has 0 atom stereocenters. The molecule has 1 fully saturated rings. The van der Waals surface area contributed by atoms with Crippen molar-refractivity contribution < 1.29 is 0 Å². The van der Waals surface area contributed by atoms with Crippen LogP contribution >= 0.6 is 0 Å². The molecule has 0 saturated carbocycles. The molecule has 0 unspecified atom stereocenters. The Hall–Kier alpha value is -3.55. The molecule has 1 aliphatic carbocycles. The van der Waals surface area contributed by atoms with Crippen molar-refractivity contribution in [1.29, 1.82) is 0 Å². The van der Waals surface area contributed by atoms with E-state index in [0.29, 0.717) is 17.0 Å². The molecule has 0 amide bonds. The Kier molecular flexibility index (Phi) is 6.25. The van der Waals surface area contributed by atoms with Crippen LogP contribution in [0, 0.1) is 0 Å². The van der Waals surface area contributed by atoms with E-state index >= 15 is 0 Å². The minimum Gasteiger partial charge on any atom is -0.324 e. The first-order chi connectivity index (χ1) is 17.6. The van der Waals surface area contributed by atoms with E-state index in [-0.39, 0.29) is 5.43 Å². The first-order valence-corrected chi connectivity index (χ1v) is 12.9. The average molecular weight is 481 g/mol. The first kappa shape index (κ1) is 22.9. The lowest BCUT2D eigenvalue weighted by molar-refractivity contribution is 0.155. The standard InChI is InChI=1S/C29H32N6O/c1-33-15-17-34(18-16-33)13-11-21-5-8-24(9-6-21)31-29-30-20-26-27(36)12-14-35(28(26)32-29)25-10-7-22-3-2-4-23(22)19-25/h5-10,12,14,19-20H,2-4,11,13,15-18H2,1H3,(H,30,31,32). The predicted molar refractivity (Wildman–Crippen MR) is 145 cm³/mol. The molecule has 1 N–H and O–H groups in total. The fraction of sp³-hybridized carbons (Fsp3) is 0.345. The molecule has 1 saturated heterocycles. The van der Waals surface area contributed by atoms with E-state index in [1.165, 1.54) is 23.1 Å². The van der Waals surface area contributed by atoms with Gasteiger partial charge in [0.1, 0.15) is 0 Å². The number of likely N-dealkylation sites (N-methyl/N-ethyl adjacent to an activating group) is 1. The first-order valence-electron chi connectivity index (χ1n) is 12.9. The molecule has 7 nitrogen and oxygen atoms in total. The number of hydrogen-bond acceptors (Lipinski definition) is 6. The molecule has 0 spiro atoms. The van der Waals surface area contributed by atoms with Crippen LogP contribution in [-0.4, -0.2) is 64.1 Å². The fourth-order valence-electron chi connectivity index (χ4n) is 5.25. The second kappa shape index (κ2) is 9.84. The van der Waals surface area contributed by atoms with Crippen LogP contribution in [0.5, 0.6) is 0 Å². The summed E-state index contributed by atoms with van der Waals surface area (Å²) in [6, 6.07) is 16.6. The molecule has 2 aromatic heterocycles. The van der Waals surface area contributed by atoms with Gasteiger partial charge in [-0.05, 0) is 73.7 Å². The average Bonchev–Trinajstić information content (AvgIpc) is 3.38. The minimum atomic E-state index is -0.0707. The molecule has 1 aliphatic heterocycles. The Balaban J connectivity index is 1.20. The van der Waals surface area contributed by atoms with E-state index in [9.17, 15) is 4.79 Å². The monoisotopic (exact) mass is 480 g/mol. The number of piperazine rings is 1. The number of pyridine rings is 1. The highest BCUT2D eigenvalue weighted by Crippen LogP contribution is 2.26. The smallest absolute Gasteiger partial charge is 0.229 e. The van der Waals surface area contributed by atoms with Crippen molar-refractivity contribution >= 4 is 22.7 Å². The Morgan fingerprint density at radius 1 is 0.944 bits per heavy atom. The summed E-state index contributed by atoms with van der Waals surface area (Å²) in [5.41, 5.74) is 6.63. The van der Waals surface area contributed by atoms with Crippen LogP contribution in [0.2, 0.25) is 0 Å². The third-order valence-corrected chi connectivity index (χ3v) is 7.52. The molecule has 2 aromatic carbocycles. The number of nitrogens with zero attached hydrogens (tertiary/aromatic N) is 5. The fourth-order valence-corrected chi connectivity index (χ4v) is 5.25. The van der Waals surface area contributed by atoms with E-state index in [1.54, 1.807) is 12.3 Å². The third kappa shape index (κ3) is 4.76. The largest absolute Gasteiger partial charge is 0.324 e. The zero-order valence-electron chi connectivity index (χ0n) is 20.8. The molecule has 6 rings (SSSR count). The molecule has 3 heterocycles. The van der Waals surface area contributed by atoms with Crippen molar-refractivity contribution in [2.24, 2.45) is 0 Å². The van der Waals surface area contributed by atoms with Crippen molar-refractivity contribution in [2.45, 2.75) is 25.7 Å². The quantitative estimate of drug-likeness (QED) is 0.453. The summed E-state index contributed by atoms with van der Waals surface area (Å²) in [4.78, 5) is 26.6. The van der Waals surface area contributed by atoms with Crippen LogP contribution in [-0.2, 0) is 19.3 Å². The molecule has 0 radical (unpaired) electrons. The summed E-state index contributed by atoms with van der Waals surface area (Å²) < 4.78 is 1.99. The van der Waals surface area contributed by atoms with Gasteiger partial charge in [0.15, 0.2) is 11.1 Å². The van der Waals surface area contributed by atoms with Crippen LogP contribution < -0.4 is 10.7 Å². The number of benzene rings is 2.